The lowest BCUT2D eigenvalue weighted by atomic mass is 9.78. The molecule has 1 amide bonds. The van der Waals surface area contributed by atoms with Crippen LogP contribution in [0.25, 0.3) is 0 Å². The monoisotopic (exact) mass is 539 g/mol. The lowest BCUT2D eigenvalue weighted by molar-refractivity contribution is -0.139. The number of carboxylic acid groups (broad SMARTS) is 1. The predicted octanol–water partition coefficient (Wildman–Crippen LogP) is 5.83. The van der Waals surface area contributed by atoms with E-state index in [0.29, 0.717) is 41.3 Å². The van der Waals surface area contributed by atoms with Crippen LogP contribution in [-0.2, 0) is 9.59 Å². The van der Waals surface area contributed by atoms with Crippen LogP contribution in [0.1, 0.15) is 55.9 Å². The minimum Gasteiger partial charge on any atom is -0.493 e. The van der Waals surface area contributed by atoms with Crippen LogP contribution in [0.3, 0.4) is 0 Å². The maximum Gasteiger partial charge on any atom is 0.341 e. The molecule has 0 unspecified atom stereocenters. The summed E-state index contributed by atoms with van der Waals surface area (Å²) in [5.41, 5.74) is 1.77. The van der Waals surface area contributed by atoms with E-state index in [-0.39, 0.29) is 12.3 Å². The molecule has 0 aliphatic carbocycles. The largest absolute Gasteiger partial charge is 0.493 e. The molecule has 3 atom stereocenters. The lowest BCUT2D eigenvalue weighted by Crippen LogP contribution is -2.55. The number of benzene rings is 3. The molecule has 1 aliphatic heterocycles. The molecule has 7 nitrogen and oxygen atoms in total. The van der Waals surface area contributed by atoms with E-state index in [0.717, 1.165) is 12.8 Å². The minimum atomic E-state index is -1.11. The number of anilines is 1. The van der Waals surface area contributed by atoms with Crippen LogP contribution in [0.15, 0.2) is 66.7 Å². The molecule has 0 aromatic heterocycles. The molecular formula is C30H31F2NO6. The number of aliphatic hydroxyl groups is 1. The van der Waals surface area contributed by atoms with Crippen LogP contribution < -0.4 is 14.4 Å². The third-order valence-corrected chi connectivity index (χ3v) is 6.75. The summed E-state index contributed by atoms with van der Waals surface area (Å²) >= 11 is 0. The first-order valence-corrected chi connectivity index (χ1v) is 12.9. The molecule has 39 heavy (non-hydrogen) atoms. The number of aliphatic carboxylic acids is 1. The highest BCUT2D eigenvalue weighted by molar-refractivity contribution is 6.03. The van der Waals surface area contributed by atoms with Crippen molar-refractivity contribution in [2.75, 3.05) is 18.1 Å². The number of unbranched alkanes of at least 4 members (excludes halogenated alkanes) is 1. The summed E-state index contributed by atoms with van der Waals surface area (Å²) < 4.78 is 38.4. The zero-order valence-electron chi connectivity index (χ0n) is 21.6. The molecule has 0 spiro atoms. The van der Waals surface area contributed by atoms with Gasteiger partial charge in [0.15, 0.2) is 6.61 Å². The van der Waals surface area contributed by atoms with Crippen LogP contribution in [-0.4, -0.2) is 35.3 Å². The van der Waals surface area contributed by atoms with E-state index in [1.165, 1.54) is 48.5 Å². The van der Waals surface area contributed by atoms with Crippen molar-refractivity contribution >= 4 is 17.6 Å². The van der Waals surface area contributed by atoms with Gasteiger partial charge in [-0.2, -0.15) is 0 Å². The number of carbonyl (C=O) groups is 2. The fourth-order valence-corrected chi connectivity index (χ4v) is 4.71. The van der Waals surface area contributed by atoms with Gasteiger partial charge in [0.05, 0.1) is 24.7 Å². The van der Waals surface area contributed by atoms with Gasteiger partial charge in [-0.15, -0.1) is 0 Å². The normalized spacial score (nSPS) is 17.4. The maximum atomic E-state index is 13.6. The van der Waals surface area contributed by atoms with E-state index in [4.69, 9.17) is 14.6 Å². The first-order valence-electron chi connectivity index (χ1n) is 12.9. The van der Waals surface area contributed by atoms with Crippen molar-refractivity contribution in [3.8, 4) is 11.5 Å². The average molecular weight is 540 g/mol. The summed E-state index contributed by atoms with van der Waals surface area (Å²) in [5, 5.41) is 19.7. The molecule has 1 heterocycles. The fourth-order valence-electron chi connectivity index (χ4n) is 4.71. The Kier molecular flexibility index (Phi) is 9.14. The molecule has 3 aromatic rings. The van der Waals surface area contributed by atoms with Gasteiger partial charge in [0, 0.05) is 17.3 Å². The van der Waals surface area contributed by atoms with Crippen molar-refractivity contribution in [2.45, 2.75) is 44.8 Å². The fraction of sp³-hybridized carbons (Fsp3) is 0.333. The summed E-state index contributed by atoms with van der Waals surface area (Å²) in [5.74, 6) is -1.85. The van der Waals surface area contributed by atoms with Crippen LogP contribution in [0.2, 0.25) is 0 Å². The molecule has 0 saturated carbocycles. The van der Waals surface area contributed by atoms with Gasteiger partial charge in [-0.25, -0.2) is 13.6 Å². The average Bonchev–Trinajstić information content (AvgIpc) is 2.92. The Labute approximate surface area is 225 Å². The summed E-state index contributed by atoms with van der Waals surface area (Å²) in [6.45, 7) is 1.93. The van der Waals surface area contributed by atoms with Gasteiger partial charge in [0.25, 0.3) is 0 Å². The number of hydrogen-bond donors (Lipinski definition) is 2. The maximum absolute atomic E-state index is 13.6. The van der Waals surface area contributed by atoms with Crippen LogP contribution in [0, 0.1) is 17.6 Å². The third kappa shape index (κ3) is 6.72. The van der Waals surface area contributed by atoms with Gasteiger partial charge >= 0.3 is 5.97 Å². The van der Waals surface area contributed by atoms with E-state index in [1.807, 2.05) is 6.92 Å². The second-order valence-corrected chi connectivity index (χ2v) is 9.46. The number of hydrogen-bond acceptors (Lipinski definition) is 5. The molecule has 3 aromatic carbocycles. The number of ether oxygens (including phenoxy) is 2. The highest BCUT2D eigenvalue weighted by Crippen LogP contribution is 2.49. The number of β-lactam (4-membered cyclic amide) rings is 1. The van der Waals surface area contributed by atoms with Gasteiger partial charge in [0.1, 0.15) is 23.1 Å². The first-order chi connectivity index (χ1) is 18.8. The second kappa shape index (κ2) is 12.7. The Balaban J connectivity index is 1.64. The highest BCUT2D eigenvalue weighted by Gasteiger charge is 2.49. The zero-order chi connectivity index (χ0) is 27.9. The van der Waals surface area contributed by atoms with Crippen molar-refractivity contribution in [3.05, 3.63) is 89.5 Å². The van der Waals surface area contributed by atoms with Crippen molar-refractivity contribution in [1.29, 1.82) is 0 Å². The molecule has 206 valence electrons. The van der Waals surface area contributed by atoms with Crippen molar-refractivity contribution in [3.63, 3.8) is 0 Å². The first kappa shape index (κ1) is 28.0. The minimum absolute atomic E-state index is 0.177. The Morgan fingerprint density at radius 2 is 1.67 bits per heavy atom. The molecule has 1 fully saturated rings. The standard InChI is InChI=1S/C30H31F2NO6/c1-2-3-16-38-27-17-23(39-18-28(35)36)12-13-24(27)29-25(14-15-26(34)19-4-6-20(31)7-5-19)30(37)33(29)22-10-8-21(32)9-11-22/h4-13,17,25-26,29,34H,2-3,14-16,18H2,1H3,(H,35,36)/t25-,26+,29-/m1/s1. The van der Waals surface area contributed by atoms with Crippen LogP contribution in [0.5, 0.6) is 11.5 Å². The SMILES string of the molecule is CCCCOc1cc(OCC(=O)O)ccc1[C@@H]1[C@@H](CC[C@H](O)c2ccc(F)cc2)C(=O)N1c1ccc(F)cc1. The number of carboxylic acids is 1. The molecule has 0 radical (unpaired) electrons. The highest BCUT2D eigenvalue weighted by atomic mass is 19.1. The number of halogens is 2. The van der Waals surface area contributed by atoms with Crippen molar-refractivity contribution in [1.82, 2.24) is 0 Å². The van der Waals surface area contributed by atoms with Gasteiger partial charge in [-0.05, 0) is 73.4 Å². The molecule has 0 bridgehead atoms. The number of nitrogens with zero attached hydrogens (tertiary/aromatic N) is 1. The Morgan fingerprint density at radius 1 is 1.00 bits per heavy atom. The molecule has 4 rings (SSSR count). The number of amides is 1. The Bertz CT molecular complexity index is 1280. The second-order valence-electron chi connectivity index (χ2n) is 9.46. The van der Waals surface area contributed by atoms with Gasteiger partial charge < -0.3 is 24.6 Å². The molecule has 1 aliphatic rings. The van der Waals surface area contributed by atoms with Crippen LogP contribution in [0.4, 0.5) is 14.5 Å². The topological polar surface area (TPSA) is 96.3 Å². The van der Waals surface area contributed by atoms with E-state index < -0.39 is 42.3 Å². The smallest absolute Gasteiger partial charge is 0.341 e. The van der Waals surface area contributed by atoms with E-state index >= 15 is 0 Å². The van der Waals surface area contributed by atoms with Crippen LogP contribution >= 0.6 is 0 Å². The zero-order valence-corrected chi connectivity index (χ0v) is 21.6. The quantitative estimate of drug-likeness (QED) is 0.210. The molecular weight excluding hydrogens is 508 g/mol. The number of aliphatic hydroxyl groups excluding tert-OH is 1. The lowest BCUT2D eigenvalue weighted by Gasteiger charge is -2.48. The summed E-state index contributed by atoms with van der Waals surface area (Å²) in [7, 11) is 0. The van der Waals surface area contributed by atoms with Gasteiger partial charge in [0.2, 0.25) is 5.91 Å². The Hall–Kier alpha value is -3.98. The summed E-state index contributed by atoms with van der Waals surface area (Å²) in [6, 6.07) is 15.7. The molecule has 9 heteroatoms. The predicted molar refractivity (Wildman–Crippen MR) is 141 cm³/mol. The van der Waals surface area contributed by atoms with Crippen molar-refractivity contribution < 1.29 is 38.1 Å². The van der Waals surface area contributed by atoms with Crippen molar-refractivity contribution in [2.24, 2.45) is 5.92 Å². The Morgan fingerprint density at radius 3 is 2.31 bits per heavy atom. The van der Waals surface area contributed by atoms with Gasteiger partial charge in [-0.1, -0.05) is 25.5 Å². The van der Waals surface area contributed by atoms with E-state index in [9.17, 15) is 23.5 Å². The number of rotatable bonds is 13. The van der Waals surface area contributed by atoms with E-state index in [2.05, 4.69) is 0 Å². The number of carbonyl (C=O) groups excluding carboxylic acids is 1. The summed E-state index contributed by atoms with van der Waals surface area (Å²) in [6.07, 6.45) is 1.41. The third-order valence-electron chi connectivity index (χ3n) is 6.75. The summed E-state index contributed by atoms with van der Waals surface area (Å²) in [4.78, 5) is 26.0. The molecule has 2 N–H and O–H groups in total. The van der Waals surface area contributed by atoms with Gasteiger partial charge in [-0.3, -0.25) is 4.79 Å². The molecule has 1 saturated heterocycles. The van der Waals surface area contributed by atoms with E-state index in [1.54, 1.807) is 23.1 Å².